The van der Waals surface area contributed by atoms with Crippen LogP contribution in [0.3, 0.4) is 0 Å². The summed E-state index contributed by atoms with van der Waals surface area (Å²) in [6, 6.07) is 2.72. The van der Waals surface area contributed by atoms with E-state index in [1.54, 1.807) is 0 Å². The third kappa shape index (κ3) is 1.48. The summed E-state index contributed by atoms with van der Waals surface area (Å²) in [7, 11) is 0. The molecule has 0 bridgehead atoms. The van der Waals surface area contributed by atoms with Crippen LogP contribution < -0.4 is 5.56 Å². The predicted molar refractivity (Wildman–Crippen MR) is 42.0 cm³/mol. The van der Waals surface area contributed by atoms with Crippen molar-refractivity contribution in [1.29, 1.82) is 0 Å². The molecular weight excluding hydrogens is 214 g/mol. The molecular formula is C6H4BrNO3. The molecule has 0 unspecified atom stereocenters. The molecule has 5 heteroatoms. The number of carbonyl (C=O) groups is 1. The van der Waals surface area contributed by atoms with Gasteiger partial charge in [-0.05, 0) is 12.1 Å². The molecule has 0 aliphatic heterocycles. The maximum atomic E-state index is 10.9. The summed E-state index contributed by atoms with van der Waals surface area (Å²) < 4.78 is 1.04. The van der Waals surface area contributed by atoms with Crippen molar-refractivity contribution in [3.8, 4) is 0 Å². The predicted octanol–water partition coefficient (Wildman–Crippen LogP) is 0.705. The van der Waals surface area contributed by atoms with E-state index in [1.165, 1.54) is 18.3 Å². The van der Waals surface area contributed by atoms with E-state index in [2.05, 4.69) is 16.1 Å². The van der Waals surface area contributed by atoms with Crippen molar-refractivity contribution in [3.63, 3.8) is 0 Å². The zero-order valence-corrected chi connectivity index (χ0v) is 6.91. The van der Waals surface area contributed by atoms with E-state index in [9.17, 15) is 9.59 Å². The number of nitrogens with zero attached hydrogens (tertiary/aromatic N) is 1. The molecule has 0 atom stereocenters. The zero-order valence-electron chi connectivity index (χ0n) is 5.32. The zero-order chi connectivity index (χ0) is 8.43. The van der Waals surface area contributed by atoms with Crippen LogP contribution in [0.5, 0.6) is 0 Å². The van der Waals surface area contributed by atoms with Crippen LogP contribution in [-0.4, -0.2) is 14.7 Å². The molecule has 1 N–H and O–H groups in total. The van der Waals surface area contributed by atoms with Crippen LogP contribution in [0.15, 0.2) is 23.1 Å². The second-order valence-corrected chi connectivity index (χ2v) is 2.61. The number of hydrogen-bond acceptors (Lipinski definition) is 2. The van der Waals surface area contributed by atoms with Gasteiger partial charge < -0.3 is 5.11 Å². The van der Waals surface area contributed by atoms with E-state index in [4.69, 9.17) is 5.11 Å². The lowest BCUT2D eigenvalue weighted by atomic mass is 10.3. The molecule has 1 heterocycles. The number of carboxylic acid groups (broad SMARTS) is 1. The summed E-state index contributed by atoms with van der Waals surface area (Å²) in [5, 5.41) is 8.46. The molecule has 0 aromatic carbocycles. The molecule has 0 spiro atoms. The van der Waals surface area contributed by atoms with Gasteiger partial charge in [-0.15, -0.1) is 0 Å². The lowest BCUT2D eigenvalue weighted by Gasteiger charge is -1.94. The van der Waals surface area contributed by atoms with E-state index < -0.39 is 11.5 Å². The maximum Gasteiger partial charge on any atom is 0.341 e. The molecule has 0 amide bonds. The van der Waals surface area contributed by atoms with Gasteiger partial charge in [-0.2, -0.15) is 0 Å². The van der Waals surface area contributed by atoms with Gasteiger partial charge in [0.1, 0.15) is 5.56 Å². The van der Waals surface area contributed by atoms with E-state index in [1.807, 2.05) is 0 Å². The molecule has 1 rings (SSSR count). The number of halogens is 1. The summed E-state index contributed by atoms with van der Waals surface area (Å²) in [5.74, 6) is -1.22. The molecule has 11 heavy (non-hydrogen) atoms. The SMILES string of the molecule is O=C(O)c1cccn(Br)c1=O. The molecule has 0 saturated carbocycles. The lowest BCUT2D eigenvalue weighted by Crippen LogP contribution is -2.20. The minimum Gasteiger partial charge on any atom is -0.477 e. The smallest absolute Gasteiger partial charge is 0.341 e. The summed E-state index contributed by atoms with van der Waals surface area (Å²) in [4.78, 5) is 21.3. The van der Waals surface area contributed by atoms with Gasteiger partial charge in [-0.1, -0.05) is 0 Å². The normalized spacial score (nSPS) is 9.55. The number of rotatable bonds is 1. The van der Waals surface area contributed by atoms with Gasteiger partial charge in [0.25, 0.3) is 5.56 Å². The highest BCUT2D eigenvalue weighted by Crippen LogP contribution is 1.93. The third-order valence-electron chi connectivity index (χ3n) is 1.13. The third-order valence-corrected chi connectivity index (χ3v) is 1.69. The quantitative estimate of drug-likeness (QED) is 0.754. The second-order valence-electron chi connectivity index (χ2n) is 1.84. The lowest BCUT2D eigenvalue weighted by molar-refractivity contribution is 0.0695. The molecule has 0 radical (unpaired) electrons. The number of pyridine rings is 1. The van der Waals surface area contributed by atoms with Crippen LogP contribution >= 0.6 is 16.1 Å². The highest BCUT2D eigenvalue weighted by Gasteiger charge is 2.07. The van der Waals surface area contributed by atoms with E-state index in [0.717, 1.165) is 3.59 Å². The largest absolute Gasteiger partial charge is 0.477 e. The van der Waals surface area contributed by atoms with E-state index in [-0.39, 0.29) is 5.56 Å². The standard InChI is InChI=1S/C6H4BrNO3/c7-8-3-1-2-4(5(8)9)6(10)11/h1-3H,(H,10,11). The number of hydrogen-bond donors (Lipinski definition) is 1. The molecule has 1 aromatic heterocycles. The van der Waals surface area contributed by atoms with Crippen LogP contribution in [-0.2, 0) is 0 Å². The minimum absolute atomic E-state index is 0.246. The van der Waals surface area contributed by atoms with Crippen molar-refractivity contribution in [2.24, 2.45) is 0 Å². The Hall–Kier alpha value is -1.10. The van der Waals surface area contributed by atoms with Crippen molar-refractivity contribution in [1.82, 2.24) is 3.59 Å². The monoisotopic (exact) mass is 217 g/mol. The van der Waals surface area contributed by atoms with Crippen LogP contribution in [0.25, 0.3) is 0 Å². The van der Waals surface area contributed by atoms with Crippen LogP contribution in [0, 0.1) is 0 Å². The first-order valence-corrected chi connectivity index (χ1v) is 3.45. The fourth-order valence-electron chi connectivity index (χ4n) is 0.632. The summed E-state index contributed by atoms with van der Waals surface area (Å²) in [6.45, 7) is 0. The molecule has 0 fully saturated rings. The van der Waals surface area contributed by atoms with Gasteiger partial charge in [-0.3, -0.25) is 4.79 Å². The highest BCUT2D eigenvalue weighted by atomic mass is 79.9. The molecule has 0 aliphatic rings. The summed E-state index contributed by atoms with van der Waals surface area (Å²) in [6.07, 6.45) is 1.43. The Kier molecular flexibility index (Phi) is 2.09. The number of carboxylic acids is 1. The Morgan fingerprint density at radius 1 is 1.64 bits per heavy atom. The summed E-state index contributed by atoms with van der Waals surface area (Å²) in [5.41, 5.74) is -0.815. The van der Waals surface area contributed by atoms with E-state index >= 15 is 0 Å². The van der Waals surface area contributed by atoms with Crippen molar-refractivity contribution >= 4 is 22.1 Å². The maximum absolute atomic E-state index is 10.9. The van der Waals surface area contributed by atoms with Gasteiger partial charge in [0.05, 0.1) is 16.1 Å². The van der Waals surface area contributed by atoms with Crippen molar-refractivity contribution in [2.45, 2.75) is 0 Å². The van der Waals surface area contributed by atoms with Gasteiger partial charge in [0, 0.05) is 6.20 Å². The Labute approximate surface area is 70.4 Å². The molecule has 58 valence electrons. The fraction of sp³-hybridized carbons (Fsp3) is 0. The molecule has 1 aromatic rings. The van der Waals surface area contributed by atoms with Crippen molar-refractivity contribution in [3.05, 3.63) is 34.2 Å². The average Bonchev–Trinajstić information content (AvgIpc) is 1.94. The average molecular weight is 218 g/mol. The van der Waals surface area contributed by atoms with Crippen LogP contribution in [0.2, 0.25) is 0 Å². The van der Waals surface area contributed by atoms with Gasteiger partial charge in [0.2, 0.25) is 0 Å². The Morgan fingerprint density at radius 2 is 2.27 bits per heavy atom. The second kappa shape index (κ2) is 2.87. The van der Waals surface area contributed by atoms with Gasteiger partial charge in [-0.25, -0.2) is 8.39 Å². The minimum atomic E-state index is -1.22. The summed E-state index contributed by atoms with van der Waals surface area (Å²) >= 11 is 2.86. The first-order valence-electron chi connectivity index (χ1n) is 2.74. The topological polar surface area (TPSA) is 59.3 Å². The number of aromatic carboxylic acids is 1. The Balaban J connectivity index is 3.40. The van der Waals surface area contributed by atoms with Crippen molar-refractivity contribution in [2.75, 3.05) is 0 Å². The van der Waals surface area contributed by atoms with Gasteiger partial charge in [0.15, 0.2) is 0 Å². The van der Waals surface area contributed by atoms with Crippen molar-refractivity contribution < 1.29 is 9.90 Å². The van der Waals surface area contributed by atoms with Crippen LogP contribution in [0.4, 0.5) is 0 Å². The van der Waals surface area contributed by atoms with Crippen LogP contribution in [0.1, 0.15) is 10.4 Å². The number of aromatic nitrogens is 1. The molecule has 4 nitrogen and oxygen atoms in total. The van der Waals surface area contributed by atoms with Gasteiger partial charge >= 0.3 is 5.97 Å². The highest BCUT2D eigenvalue weighted by molar-refractivity contribution is 9.08. The Bertz CT molecular complexity index is 344. The molecule has 0 saturated heterocycles. The van der Waals surface area contributed by atoms with E-state index in [0.29, 0.717) is 0 Å². The first-order chi connectivity index (χ1) is 5.13. The first kappa shape index (κ1) is 8.00. The fourth-order valence-corrected chi connectivity index (χ4v) is 0.959. The molecule has 0 aliphatic carbocycles. The Morgan fingerprint density at radius 3 is 2.73 bits per heavy atom.